The van der Waals surface area contributed by atoms with E-state index in [0.717, 1.165) is 15.6 Å². The van der Waals surface area contributed by atoms with Gasteiger partial charge in [-0.25, -0.2) is 9.91 Å². The second-order valence-electron chi connectivity index (χ2n) is 9.39. The van der Waals surface area contributed by atoms with Gasteiger partial charge in [0.2, 0.25) is 11.8 Å². The Morgan fingerprint density at radius 1 is 0.903 bits per heavy atom. The molecule has 3 aliphatic heterocycles. The topological polar surface area (TPSA) is 60.9 Å². The van der Waals surface area contributed by atoms with Gasteiger partial charge < -0.3 is 0 Å². The number of amides is 3. The maximum atomic E-state index is 13.8. The second kappa shape index (κ2) is 6.74. The minimum Gasteiger partial charge on any atom is -0.274 e. The number of rotatable bonds is 2. The van der Waals surface area contributed by atoms with E-state index in [-0.39, 0.29) is 30.2 Å². The smallest absolute Gasteiger partial charge is 0.261 e. The molecule has 2 aromatic rings. The lowest BCUT2D eigenvalue weighted by Crippen LogP contribution is -2.55. The van der Waals surface area contributed by atoms with Gasteiger partial charge in [-0.15, -0.1) is 0 Å². The molecular formula is C24H24BrN3O3. The monoisotopic (exact) mass is 481 g/mol. The first-order valence-corrected chi connectivity index (χ1v) is 11.3. The minimum atomic E-state index is -1.18. The van der Waals surface area contributed by atoms with E-state index in [4.69, 9.17) is 0 Å². The van der Waals surface area contributed by atoms with E-state index in [0.29, 0.717) is 18.5 Å². The summed E-state index contributed by atoms with van der Waals surface area (Å²) in [6, 6.07) is 15.2. The summed E-state index contributed by atoms with van der Waals surface area (Å²) < 4.78 is 0.869. The molecular weight excluding hydrogens is 458 g/mol. The number of carbonyl (C=O) groups is 3. The number of hydrogen-bond donors (Lipinski definition) is 0. The van der Waals surface area contributed by atoms with Crippen molar-refractivity contribution in [3.8, 4) is 0 Å². The van der Waals surface area contributed by atoms with E-state index < -0.39 is 11.1 Å². The number of nitrogens with zero attached hydrogens (tertiary/aromatic N) is 3. The Labute approximate surface area is 189 Å². The molecule has 5 rings (SSSR count). The molecule has 0 aliphatic carbocycles. The molecule has 3 aliphatic rings. The number of halogens is 1. The number of hydrogen-bond acceptors (Lipinski definition) is 4. The average Bonchev–Trinajstić information content (AvgIpc) is 3.27. The second-order valence-corrected chi connectivity index (χ2v) is 10.3. The molecule has 0 N–H and O–H groups in total. The van der Waals surface area contributed by atoms with Crippen LogP contribution in [0.5, 0.6) is 0 Å². The normalized spacial score (nSPS) is 27.6. The summed E-state index contributed by atoms with van der Waals surface area (Å²) in [5, 5.41) is 3.67. The van der Waals surface area contributed by atoms with Crippen molar-refractivity contribution in [1.29, 1.82) is 0 Å². The largest absolute Gasteiger partial charge is 0.274 e. The van der Waals surface area contributed by atoms with Gasteiger partial charge in [0.25, 0.3) is 5.91 Å². The summed E-state index contributed by atoms with van der Waals surface area (Å²) >= 11 is 3.39. The van der Waals surface area contributed by atoms with E-state index in [1.165, 1.54) is 4.90 Å². The molecule has 0 radical (unpaired) electrons. The molecule has 3 amide bonds. The number of aryl methyl sites for hydroxylation is 1. The van der Waals surface area contributed by atoms with Gasteiger partial charge in [-0.1, -0.05) is 45.8 Å². The van der Waals surface area contributed by atoms with Gasteiger partial charge in [0.05, 0.1) is 18.2 Å². The standard InChI is InChI=1S/C24H24BrN3O3/c1-15-4-6-16(7-5-15)19-12-24(28-21(30)13-23(2,3)27(19)28)14-20(29)26(22(24)31)18-10-8-17(25)9-11-18/h4-11,19H,12-14H2,1-3H3/t19-,24+/m0/s1. The predicted molar refractivity (Wildman–Crippen MR) is 120 cm³/mol. The van der Waals surface area contributed by atoms with E-state index in [1.54, 1.807) is 29.3 Å². The van der Waals surface area contributed by atoms with Crippen LogP contribution in [0.25, 0.3) is 0 Å². The predicted octanol–water partition coefficient (Wildman–Crippen LogP) is 4.13. The highest BCUT2D eigenvalue weighted by Gasteiger charge is 2.69. The summed E-state index contributed by atoms with van der Waals surface area (Å²) in [7, 11) is 0. The zero-order valence-electron chi connectivity index (χ0n) is 17.8. The third-order valence-corrected chi connectivity index (χ3v) is 7.26. The highest BCUT2D eigenvalue weighted by Crippen LogP contribution is 2.55. The summed E-state index contributed by atoms with van der Waals surface area (Å²) in [6.07, 6.45) is 0.724. The van der Waals surface area contributed by atoms with Crippen molar-refractivity contribution in [3.63, 3.8) is 0 Å². The van der Waals surface area contributed by atoms with E-state index in [1.807, 2.05) is 32.9 Å². The minimum absolute atomic E-state index is 0.00256. The van der Waals surface area contributed by atoms with Gasteiger partial charge in [0.1, 0.15) is 5.54 Å². The van der Waals surface area contributed by atoms with Crippen LogP contribution in [0.3, 0.4) is 0 Å². The summed E-state index contributed by atoms with van der Waals surface area (Å²) in [5.41, 5.74) is 1.12. The first-order valence-electron chi connectivity index (χ1n) is 10.5. The van der Waals surface area contributed by atoms with Gasteiger partial charge in [-0.3, -0.25) is 19.4 Å². The Morgan fingerprint density at radius 3 is 2.19 bits per heavy atom. The van der Waals surface area contributed by atoms with Gasteiger partial charge in [0, 0.05) is 22.9 Å². The molecule has 2 atom stereocenters. The molecule has 1 spiro atoms. The van der Waals surface area contributed by atoms with Crippen LogP contribution >= 0.6 is 15.9 Å². The Kier molecular flexibility index (Phi) is 4.44. The van der Waals surface area contributed by atoms with Gasteiger partial charge in [-0.05, 0) is 50.6 Å². The van der Waals surface area contributed by atoms with Crippen molar-refractivity contribution in [2.24, 2.45) is 0 Å². The molecule has 3 saturated heterocycles. The summed E-state index contributed by atoms with van der Waals surface area (Å²) in [5.74, 6) is -0.682. The highest BCUT2D eigenvalue weighted by molar-refractivity contribution is 9.10. The van der Waals surface area contributed by atoms with E-state index in [9.17, 15) is 14.4 Å². The van der Waals surface area contributed by atoms with Crippen LogP contribution < -0.4 is 4.90 Å². The molecule has 0 saturated carbocycles. The van der Waals surface area contributed by atoms with Crippen molar-refractivity contribution in [2.45, 2.75) is 57.2 Å². The quantitative estimate of drug-likeness (QED) is 0.604. The lowest BCUT2D eigenvalue weighted by molar-refractivity contribution is -0.154. The van der Waals surface area contributed by atoms with E-state index in [2.05, 4.69) is 33.1 Å². The summed E-state index contributed by atoms with van der Waals surface area (Å²) in [4.78, 5) is 41.4. The molecule has 160 valence electrons. The van der Waals surface area contributed by atoms with Crippen LogP contribution in [0.1, 0.15) is 50.3 Å². The number of fused-ring (bicyclic) bond motifs is 2. The van der Waals surface area contributed by atoms with Crippen LogP contribution in [-0.2, 0) is 14.4 Å². The number of benzene rings is 2. The Bertz CT molecular complexity index is 1100. The molecule has 31 heavy (non-hydrogen) atoms. The fourth-order valence-corrected chi connectivity index (χ4v) is 5.63. The zero-order valence-corrected chi connectivity index (χ0v) is 19.3. The fourth-order valence-electron chi connectivity index (χ4n) is 5.37. The molecule has 0 aromatic heterocycles. The van der Waals surface area contributed by atoms with Crippen molar-refractivity contribution in [2.75, 3.05) is 4.90 Å². The van der Waals surface area contributed by atoms with Crippen LogP contribution in [0, 0.1) is 6.92 Å². The molecule has 6 nitrogen and oxygen atoms in total. The number of hydrazine groups is 1. The van der Waals surface area contributed by atoms with Crippen molar-refractivity contribution >= 4 is 39.3 Å². The molecule has 2 aromatic carbocycles. The first-order chi connectivity index (χ1) is 14.6. The van der Waals surface area contributed by atoms with Crippen molar-refractivity contribution in [1.82, 2.24) is 10.0 Å². The molecule has 0 unspecified atom stereocenters. The fraction of sp³-hybridized carbons (Fsp3) is 0.375. The molecule has 3 fully saturated rings. The third-order valence-electron chi connectivity index (χ3n) is 6.73. The van der Waals surface area contributed by atoms with Crippen LogP contribution in [0.15, 0.2) is 53.0 Å². The maximum absolute atomic E-state index is 13.8. The Hall–Kier alpha value is -2.51. The number of carbonyl (C=O) groups excluding carboxylic acids is 3. The first kappa shape index (κ1) is 20.4. The zero-order chi connectivity index (χ0) is 22.1. The molecule has 0 bridgehead atoms. The third kappa shape index (κ3) is 2.90. The SMILES string of the molecule is Cc1ccc([C@@H]2C[C@]3(CC(=O)N(c4ccc(Br)cc4)C3=O)N3C(=O)CC(C)(C)N23)cc1. The van der Waals surface area contributed by atoms with Crippen LogP contribution in [0.2, 0.25) is 0 Å². The molecule has 7 heteroatoms. The van der Waals surface area contributed by atoms with Crippen LogP contribution in [-0.4, -0.2) is 38.8 Å². The lowest BCUT2D eigenvalue weighted by atomic mass is 9.86. The van der Waals surface area contributed by atoms with Gasteiger partial charge in [0.15, 0.2) is 0 Å². The van der Waals surface area contributed by atoms with Crippen molar-refractivity contribution < 1.29 is 14.4 Å². The number of anilines is 1. The Balaban J connectivity index is 1.61. The van der Waals surface area contributed by atoms with Gasteiger partial charge >= 0.3 is 0 Å². The molecule has 3 heterocycles. The van der Waals surface area contributed by atoms with Crippen LogP contribution in [0.4, 0.5) is 5.69 Å². The van der Waals surface area contributed by atoms with Gasteiger partial charge in [-0.2, -0.15) is 0 Å². The Morgan fingerprint density at radius 2 is 1.55 bits per heavy atom. The highest BCUT2D eigenvalue weighted by atomic mass is 79.9. The lowest BCUT2D eigenvalue weighted by Gasteiger charge is -2.38. The van der Waals surface area contributed by atoms with E-state index >= 15 is 0 Å². The average molecular weight is 482 g/mol. The number of imide groups is 1. The van der Waals surface area contributed by atoms with Crippen molar-refractivity contribution in [3.05, 3.63) is 64.1 Å². The summed E-state index contributed by atoms with van der Waals surface area (Å²) in [6.45, 7) is 6.09. The maximum Gasteiger partial charge on any atom is 0.261 e.